The average molecular weight is 536 g/mol. The van der Waals surface area contributed by atoms with Gasteiger partial charge in [0.25, 0.3) is 0 Å². The van der Waals surface area contributed by atoms with Crippen molar-refractivity contribution < 1.29 is 19.1 Å². The van der Waals surface area contributed by atoms with Crippen LogP contribution in [0, 0.1) is 0 Å². The number of benzene rings is 2. The van der Waals surface area contributed by atoms with Gasteiger partial charge in [-0.15, -0.1) is 0 Å². The molecular formula is C28H30ClN5O4. The zero-order valence-corrected chi connectivity index (χ0v) is 21.9. The van der Waals surface area contributed by atoms with Crippen LogP contribution < -0.4 is 10.6 Å². The Balaban J connectivity index is 1.42. The Morgan fingerprint density at radius 3 is 2.82 bits per heavy atom. The number of rotatable bonds is 3. The quantitative estimate of drug-likeness (QED) is 0.388. The highest BCUT2D eigenvalue weighted by molar-refractivity contribution is 6.30. The molecule has 2 aromatic carbocycles. The molecule has 3 heterocycles. The second-order valence-electron chi connectivity index (χ2n) is 9.69. The molecule has 5 rings (SSSR count). The molecule has 1 fully saturated rings. The van der Waals surface area contributed by atoms with E-state index in [2.05, 4.69) is 20.4 Å². The minimum atomic E-state index is -0.599. The maximum absolute atomic E-state index is 13.4. The molecule has 2 aliphatic rings. The summed E-state index contributed by atoms with van der Waals surface area (Å²) in [5.41, 5.74) is 3.48. The number of H-pyrrole nitrogens is 1. The Bertz CT molecular complexity index is 1360. The summed E-state index contributed by atoms with van der Waals surface area (Å²) in [6.07, 6.45) is 4.97. The smallest absolute Gasteiger partial charge is 0.411 e. The number of imidazole rings is 1. The summed E-state index contributed by atoms with van der Waals surface area (Å²) in [7, 11) is 1.29. The fourth-order valence-corrected chi connectivity index (χ4v) is 5.46. The van der Waals surface area contributed by atoms with E-state index in [0.717, 1.165) is 24.2 Å². The van der Waals surface area contributed by atoms with E-state index in [1.807, 2.05) is 29.2 Å². The number of carbonyl (C=O) groups excluding carboxylic acids is 3. The van der Waals surface area contributed by atoms with Gasteiger partial charge in [-0.2, -0.15) is 0 Å². The Morgan fingerprint density at radius 2 is 2.03 bits per heavy atom. The Labute approximate surface area is 225 Å². The van der Waals surface area contributed by atoms with Crippen LogP contribution in [-0.2, 0) is 14.3 Å². The second-order valence-corrected chi connectivity index (χ2v) is 10.1. The summed E-state index contributed by atoms with van der Waals surface area (Å²) < 4.78 is 4.68. The monoisotopic (exact) mass is 535 g/mol. The number of hydrogen-bond donors (Lipinski definition) is 3. The first-order valence-electron chi connectivity index (χ1n) is 12.8. The molecule has 2 unspecified atom stereocenters. The molecule has 2 atom stereocenters. The SMILES string of the molecule is COC(=O)Nc1ccc2c(c1)NC(=O)CCCCC(N1CCC(c3cccc(Cl)c3)CC1=O)c1nc-2c[nH]1. The summed E-state index contributed by atoms with van der Waals surface area (Å²) >= 11 is 6.19. The zero-order valence-electron chi connectivity index (χ0n) is 21.1. The van der Waals surface area contributed by atoms with Crippen molar-refractivity contribution >= 4 is 40.9 Å². The third-order valence-electron chi connectivity index (χ3n) is 7.20. The van der Waals surface area contributed by atoms with Gasteiger partial charge in [-0.25, -0.2) is 9.78 Å². The normalized spacial score (nSPS) is 20.0. The molecule has 10 heteroatoms. The van der Waals surface area contributed by atoms with Crippen molar-refractivity contribution in [2.45, 2.75) is 50.5 Å². The summed E-state index contributed by atoms with van der Waals surface area (Å²) in [5, 5.41) is 6.26. The number of ether oxygens (including phenoxy) is 1. The minimum Gasteiger partial charge on any atom is -0.453 e. The van der Waals surface area contributed by atoms with Crippen molar-refractivity contribution in [1.82, 2.24) is 14.9 Å². The van der Waals surface area contributed by atoms with Gasteiger partial charge in [-0.3, -0.25) is 14.9 Å². The van der Waals surface area contributed by atoms with E-state index in [4.69, 9.17) is 16.6 Å². The Kier molecular flexibility index (Phi) is 7.64. The van der Waals surface area contributed by atoms with Crippen LogP contribution in [0.15, 0.2) is 48.7 Å². The van der Waals surface area contributed by atoms with Gasteiger partial charge >= 0.3 is 6.09 Å². The van der Waals surface area contributed by atoms with E-state index < -0.39 is 6.09 Å². The number of aromatic nitrogens is 2. The second kappa shape index (κ2) is 11.3. The predicted molar refractivity (Wildman–Crippen MR) is 145 cm³/mol. The molecular weight excluding hydrogens is 506 g/mol. The molecule has 3 aromatic rings. The first-order valence-corrected chi connectivity index (χ1v) is 13.2. The summed E-state index contributed by atoms with van der Waals surface area (Å²) in [4.78, 5) is 47.9. The minimum absolute atomic E-state index is 0.0907. The van der Waals surface area contributed by atoms with Crippen molar-refractivity contribution in [2.75, 3.05) is 24.3 Å². The number of anilines is 2. The average Bonchev–Trinajstić information content (AvgIpc) is 3.38. The lowest BCUT2D eigenvalue weighted by Gasteiger charge is -2.37. The van der Waals surface area contributed by atoms with Crippen molar-refractivity contribution in [3.05, 3.63) is 65.1 Å². The number of nitrogens with one attached hydrogen (secondary N) is 3. The van der Waals surface area contributed by atoms with E-state index in [9.17, 15) is 14.4 Å². The van der Waals surface area contributed by atoms with Gasteiger partial charge in [0, 0.05) is 41.9 Å². The van der Waals surface area contributed by atoms with E-state index >= 15 is 0 Å². The van der Waals surface area contributed by atoms with Crippen molar-refractivity contribution in [1.29, 1.82) is 0 Å². The number of piperidine rings is 1. The van der Waals surface area contributed by atoms with Crippen LogP contribution in [0.25, 0.3) is 11.3 Å². The lowest BCUT2D eigenvalue weighted by atomic mass is 9.88. The third kappa shape index (κ3) is 5.67. The number of amides is 3. The maximum Gasteiger partial charge on any atom is 0.411 e. The van der Waals surface area contributed by atoms with Crippen LogP contribution in [0.1, 0.15) is 61.9 Å². The van der Waals surface area contributed by atoms with E-state index in [1.165, 1.54) is 7.11 Å². The molecule has 0 radical (unpaired) electrons. The number of aromatic amines is 1. The molecule has 2 bridgehead atoms. The molecule has 38 heavy (non-hydrogen) atoms. The number of methoxy groups -OCH3 is 1. The fraction of sp³-hybridized carbons (Fsp3) is 0.357. The van der Waals surface area contributed by atoms with Gasteiger partial charge in [0.1, 0.15) is 5.82 Å². The van der Waals surface area contributed by atoms with Crippen LogP contribution in [0.5, 0.6) is 0 Å². The van der Waals surface area contributed by atoms with E-state index in [-0.39, 0.29) is 23.8 Å². The number of likely N-dealkylation sites (tertiary alicyclic amines) is 1. The number of carbonyl (C=O) groups is 3. The van der Waals surface area contributed by atoms with Gasteiger partial charge in [-0.1, -0.05) is 30.2 Å². The first-order chi connectivity index (χ1) is 18.4. The third-order valence-corrected chi connectivity index (χ3v) is 7.44. The van der Waals surface area contributed by atoms with Crippen molar-refractivity contribution in [2.24, 2.45) is 0 Å². The highest BCUT2D eigenvalue weighted by atomic mass is 35.5. The number of hydrogen-bond acceptors (Lipinski definition) is 5. The van der Waals surface area contributed by atoms with Crippen LogP contribution in [0.2, 0.25) is 5.02 Å². The number of halogens is 1. The fourth-order valence-electron chi connectivity index (χ4n) is 5.26. The van der Waals surface area contributed by atoms with Gasteiger partial charge in [0.15, 0.2) is 0 Å². The van der Waals surface area contributed by atoms with Crippen LogP contribution >= 0.6 is 11.6 Å². The largest absolute Gasteiger partial charge is 0.453 e. The lowest BCUT2D eigenvalue weighted by Crippen LogP contribution is -2.41. The van der Waals surface area contributed by atoms with Gasteiger partial charge in [0.05, 0.1) is 24.5 Å². The predicted octanol–water partition coefficient (Wildman–Crippen LogP) is 5.87. The highest BCUT2D eigenvalue weighted by Crippen LogP contribution is 2.37. The van der Waals surface area contributed by atoms with Gasteiger partial charge in [0.2, 0.25) is 11.8 Å². The van der Waals surface area contributed by atoms with E-state index in [1.54, 1.807) is 24.4 Å². The molecule has 0 saturated carbocycles. The van der Waals surface area contributed by atoms with Crippen molar-refractivity contribution in [3.63, 3.8) is 0 Å². The topological polar surface area (TPSA) is 116 Å². The van der Waals surface area contributed by atoms with E-state index in [0.29, 0.717) is 59.9 Å². The summed E-state index contributed by atoms with van der Waals surface area (Å²) in [5.74, 6) is 0.837. The van der Waals surface area contributed by atoms with Crippen LogP contribution in [0.3, 0.4) is 0 Å². The Morgan fingerprint density at radius 1 is 1.16 bits per heavy atom. The molecule has 198 valence electrons. The summed E-state index contributed by atoms with van der Waals surface area (Å²) in [6.45, 7) is 0.621. The molecule has 0 aliphatic carbocycles. The maximum atomic E-state index is 13.4. The van der Waals surface area contributed by atoms with Crippen LogP contribution in [0.4, 0.5) is 16.2 Å². The summed E-state index contributed by atoms with van der Waals surface area (Å²) in [6, 6.07) is 12.7. The number of fused-ring (bicyclic) bond motifs is 4. The molecule has 3 amide bonds. The lowest BCUT2D eigenvalue weighted by molar-refractivity contribution is -0.137. The standard InChI is InChI=1S/C28H30ClN5O4/c1-38-28(37)31-20-9-10-21-22(15-20)32-25(35)8-3-2-7-24(27-30-16-23(21)33-27)34-12-11-18(14-26(34)36)17-5-4-6-19(29)13-17/h4-6,9-10,13,15-16,18,24H,2-3,7-8,11-12,14H2,1H3,(H,30,33)(H,31,37)(H,32,35). The molecule has 9 nitrogen and oxygen atoms in total. The molecule has 0 spiro atoms. The Hall–Kier alpha value is -3.85. The van der Waals surface area contributed by atoms with Gasteiger partial charge in [-0.05, 0) is 61.1 Å². The first kappa shape index (κ1) is 25.8. The molecule has 1 saturated heterocycles. The zero-order chi connectivity index (χ0) is 26.6. The van der Waals surface area contributed by atoms with Crippen molar-refractivity contribution in [3.8, 4) is 11.3 Å². The number of nitrogens with zero attached hydrogens (tertiary/aromatic N) is 2. The van der Waals surface area contributed by atoms with Crippen LogP contribution in [-0.4, -0.2) is 46.4 Å². The van der Waals surface area contributed by atoms with Gasteiger partial charge < -0.3 is 19.9 Å². The molecule has 1 aromatic heterocycles. The highest BCUT2D eigenvalue weighted by Gasteiger charge is 2.34. The molecule has 2 aliphatic heterocycles. The molecule has 3 N–H and O–H groups in total.